The molecule has 0 saturated heterocycles. The fraction of sp³-hybridized carbons (Fsp3) is 1.00. The van der Waals surface area contributed by atoms with Gasteiger partial charge in [-0.3, -0.25) is 5.84 Å². The van der Waals surface area contributed by atoms with Gasteiger partial charge in [-0.15, -0.1) is 22.3 Å². The predicted octanol–water partition coefficient (Wildman–Crippen LogP) is -2.52. The van der Waals surface area contributed by atoms with E-state index in [0.29, 0.717) is 0 Å². The topological polar surface area (TPSA) is 121 Å². The van der Waals surface area contributed by atoms with Gasteiger partial charge in [0.2, 0.25) is 0 Å². The van der Waals surface area contributed by atoms with Gasteiger partial charge in [0.1, 0.15) is 0 Å². The molecule has 0 spiro atoms. The molecule has 8 N–H and O–H groups in total. The first-order valence-electron chi connectivity index (χ1n) is 2.31. The first kappa shape index (κ1) is 8.72. The fourth-order valence-corrected chi connectivity index (χ4v) is 0.209. The molecule has 0 fully saturated rings. The average Bonchev–Trinajstić information content (AvgIpc) is 1.59. The maximum absolute atomic E-state index is 5.10. The summed E-state index contributed by atoms with van der Waals surface area (Å²) in [5.41, 5.74) is 3.60. The summed E-state index contributed by atoms with van der Waals surface area (Å²) in [6.07, 6.45) is 0. The molecule has 0 bridgehead atoms. The highest BCUT2D eigenvalue weighted by Crippen LogP contribution is 1.87. The average molecular weight is 135 g/mol. The molecule has 0 radical (unpaired) electrons. The molecule has 0 rings (SSSR count). The van der Waals surface area contributed by atoms with Gasteiger partial charge >= 0.3 is 0 Å². The van der Waals surface area contributed by atoms with Gasteiger partial charge in [0.25, 0.3) is 0 Å². The van der Waals surface area contributed by atoms with E-state index in [4.69, 9.17) is 23.4 Å². The number of hydrogen-bond acceptors (Lipinski definition) is 5. The van der Waals surface area contributed by atoms with Crippen LogP contribution in [0.3, 0.4) is 0 Å². The summed E-state index contributed by atoms with van der Waals surface area (Å²) in [6.45, 7) is 0.0486. The molecular weight excluding hydrogens is 122 g/mol. The first-order chi connectivity index (χ1) is 3.92. The Hall–Kier alpha value is -0.280. The maximum Gasteiger partial charge on any atom is 0.0639 e. The SMILES string of the molecule is CN(N)[N-]C[N+](N)(N)N. The molecule has 0 saturated carbocycles. The zero-order valence-corrected chi connectivity index (χ0v) is 5.36. The van der Waals surface area contributed by atoms with Crippen molar-refractivity contribution in [1.82, 2.24) is 5.12 Å². The lowest BCUT2D eigenvalue weighted by atomic mass is 11.1. The number of nitrogens with zero attached hydrogens (tertiary/aromatic N) is 3. The Bertz CT molecular complexity index is 71.5. The lowest BCUT2D eigenvalue weighted by Crippen LogP contribution is -2.66. The Balaban J connectivity index is 3.28. The molecule has 0 aromatic rings. The van der Waals surface area contributed by atoms with Crippen LogP contribution in [0.15, 0.2) is 0 Å². The molecule has 0 aromatic heterocycles. The molecule has 56 valence electrons. The highest BCUT2D eigenvalue weighted by atomic mass is 15.9. The van der Waals surface area contributed by atoms with E-state index in [1.807, 2.05) is 0 Å². The van der Waals surface area contributed by atoms with Gasteiger partial charge in [-0.1, -0.05) is 0 Å². The van der Waals surface area contributed by atoms with Crippen molar-refractivity contribution < 1.29 is 4.81 Å². The van der Waals surface area contributed by atoms with Gasteiger partial charge in [-0.2, -0.15) is 0 Å². The van der Waals surface area contributed by atoms with Gasteiger partial charge in [0.15, 0.2) is 0 Å². The van der Waals surface area contributed by atoms with Gasteiger partial charge in [0.05, 0.1) is 6.67 Å². The molecule has 0 aliphatic rings. The molecule has 0 heterocycles. The van der Waals surface area contributed by atoms with Crippen molar-refractivity contribution in [3.05, 3.63) is 5.43 Å². The van der Waals surface area contributed by atoms with Crippen molar-refractivity contribution in [3.8, 4) is 0 Å². The lowest BCUT2D eigenvalue weighted by Gasteiger charge is -2.32. The second-order valence-electron chi connectivity index (χ2n) is 1.85. The van der Waals surface area contributed by atoms with Gasteiger partial charge < -0.3 is 10.5 Å². The van der Waals surface area contributed by atoms with Crippen LogP contribution in [0.1, 0.15) is 0 Å². The fourth-order valence-electron chi connectivity index (χ4n) is 0.209. The Kier molecular flexibility index (Phi) is 2.94. The van der Waals surface area contributed by atoms with Crippen molar-refractivity contribution in [3.63, 3.8) is 0 Å². The first-order valence-corrected chi connectivity index (χ1v) is 2.31. The molecular formula is C2H13N7. The van der Waals surface area contributed by atoms with Gasteiger partial charge in [0, 0.05) is 0 Å². The van der Waals surface area contributed by atoms with Crippen LogP contribution in [0.2, 0.25) is 0 Å². The Morgan fingerprint density at radius 1 is 1.44 bits per heavy atom. The standard InChI is InChI=1S/C2H13N7/c1-8(3)7-2-9(4,5)6/h2-6H2,1H3. The van der Waals surface area contributed by atoms with E-state index < -0.39 is 4.81 Å². The third-order valence-corrected chi connectivity index (χ3v) is 0.531. The number of hydrogen-bond donors (Lipinski definition) is 4. The van der Waals surface area contributed by atoms with E-state index in [1.54, 1.807) is 7.05 Å². The quantitative estimate of drug-likeness (QED) is 0.193. The number of quaternary nitrogens is 1. The molecule has 9 heavy (non-hydrogen) atoms. The smallest absolute Gasteiger partial charge is 0.0639 e. The summed E-state index contributed by atoms with van der Waals surface area (Å²) in [7, 11) is 1.55. The second kappa shape index (κ2) is 3.03. The van der Waals surface area contributed by atoms with Crippen LogP contribution in [-0.2, 0) is 0 Å². The third kappa shape index (κ3) is 7.72. The van der Waals surface area contributed by atoms with E-state index in [9.17, 15) is 0 Å². The van der Waals surface area contributed by atoms with Crippen molar-refractivity contribution in [2.45, 2.75) is 0 Å². The normalized spacial score (nSPS) is 12.7. The van der Waals surface area contributed by atoms with Gasteiger partial charge in [-0.05, 0) is 7.05 Å². The van der Waals surface area contributed by atoms with Crippen LogP contribution in [0.4, 0.5) is 0 Å². The Morgan fingerprint density at radius 3 is 2.00 bits per heavy atom. The van der Waals surface area contributed by atoms with E-state index in [1.165, 1.54) is 0 Å². The third-order valence-electron chi connectivity index (χ3n) is 0.531. The molecule has 0 atom stereocenters. The van der Waals surface area contributed by atoms with E-state index >= 15 is 0 Å². The summed E-state index contributed by atoms with van der Waals surface area (Å²) in [5.74, 6) is 20.4. The molecule has 0 amide bonds. The molecule has 0 aliphatic heterocycles. The van der Waals surface area contributed by atoms with E-state index in [-0.39, 0.29) is 6.67 Å². The van der Waals surface area contributed by atoms with Crippen LogP contribution in [0, 0.1) is 0 Å². The van der Waals surface area contributed by atoms with E-state index in [0.717, 1.165) is 5.12 Å². The number of hydrazine groups is 1. The van der Waals surface area contributed by atoms with Crippen LogP contribution in [-0.4, -0.2) is 23.6 Å². The van der Waals surface area contributed by atoms with Crippen LogP contribution < -0.4 is 23.4 Å². The molecule has 0 aromatic carbocycles. The molecule has 7 heteroatoms. The summed E-state index contributed by atoms with van der Waals surface area (Å²) in [5, 5.41) is 1.10. The van der Waals surface area contributed by atoms with E-state index in [2.05, 4.69) is 5.43 Å². The maximum atomic E-state index is 5.10. The molecule has 7 nitrogen and oxygen atoms in total. The van der Waals surface area contributed by atoms with Gasteiger partial charge in [-0.25, -0.2) is 0 Å². The Morgan fingerprint density at radius 2 is 1.89 bits per heavy atom. The summed E-state index contributed by atoms with van der Waals surface area (Å²) in [4.78, 5) is -0.693. The van der Waals surface area contributed by atoms with Crippen LogP contribution >= 0.6 is 0 Å². The summed E-state index contributed by atoms with van der Waals surface area (Å²) < 4.78 is 0. The zero-order chi connectivity index (χ0) is 7.49. The minimum Gasteiger partial charge on any atom is -0.526 e. The monoisotopic (exact) mass is 135 g/mol. The summed E-state index contributed by atoms with van der Waals surface area (Å²) in [6, 6.07) is 0. The number of rotatable bonds is 3. The summed E-state index contributed by atoms with van der Waals surface area (Å²) >= 11 is 0. The van der Waals surface area contributed by atoms with Crippen molar-refractivity contribution in [2.24, 2.45) is 23.4 Å². The predicted molar refractivity (Wildman–Crippen MR) is 33.0 cm³/mol. The molecule has 0 unspecified atom stereocenters. The lowest BCUT2D eigenvalue weighted by molar-refractivity contribution is -0.959. The van der Waals surface area contributed by atoms with Crippen LogP contribution in [0.5, 0.6) is 0 Å². The minimum absolute atomic E-state index is 0.0486. The molecule has 0 aliphatic carbocycles. The van der Waals surface area contributed by atoms with Crippen molar-refractivity contribution >= 4 is 0 Å². The zero-order valence-electron chi connectivity index (χ0n) is 5.36. The van der Waals surface area contributed by atoms with Crippen LogP contribution in [0.25, 0.3) is 5.43 Å². The second-order valence-corrected chi connectivity index (χ2v) is 1.85. The minimum atomic E-state index is -0.693. The Labute approximate surface area is 53.6 Å². The van der Waals surface area contributed by atoms with Crippen molar-refractivity contribution in [1.29, 1.82) is 0 Å². The largest absolute Gasteiger partial charge is 0.526 e. The number of nitrogens with two attached hydrogens (primary N) is 4. The van der Waals surface area contributed by atoms with Crippen molar-refractivity contribution in [2.75, 3.05) is 13.7 Å². The highest BCUT2D eigenvalue weighted by Gasteiger charge is 2.00. The highest BCUT2D eigenvalue weighted by molar-refractivity contribution is 4.59.